The highest BCUT2D eigenvalue weighted by Gasteiger charge is 2.28. The summed E-state index contributed by atoms with van der Waals surface area (Å²) in [5.41, 5.74) is 2.02. The monoisotopic (exact) mass is 462 g/mol. The number of hydrogen-bond acceptors (Lipinski definition) is 8. The molecule has 10 nitrogen and oxygen atoms in total. The molecule has 0 saturated carbocycles. The Morgan fingerprint density at radius 3 is 2.82 bits per heavy atom. The van der Waals surface area contributed by atoms with E-state index in [0.717, 1.165) is 31.5 Å². The van der Waals surface area contributed by atoms with E-state index < -0.39 is 0 Å². The maximum atomic E-state index is 12.5. The van der Waals surface area contributed by atoms with E-state index in [1.807, 2.05) is 12.1 Å². The number of nitriles is 1. The summed E-state index contributed by atoms with van der Waals surface area (Å²) in [7, 11) is 0. The number of nitrogens with one attached hydrogen (secondary N) is 3. The van der Waals surface area contributed by atoms with Gasteiger partial charge in [0.1, 0.15) is 5.75 Å². The summed E-state index contributed by atoms with van der Waals surface area (Å²) in [6.07, 6.45) is 2.82. The molecule has 2 aromatic rings. The number of amides is 2. The van der Waals surface area contributed by atoms with Gasteiger partial charge in [0.15, 0.2) is 24.8 Å². The molecule has 2 atom stereocenters. The normalized spacial score (nSPS) is 21.4. The van der Waals surface area contributed by atoms with Crippen molar-refractivity contribution < 1.29 is 19.1 Å². The van der Waals surface area contributed by atoms with Gasteiger partial charge >= 0.3 is 0 Å². The maximum absolute atomic E-state index is 12.5. The molecule has 0 unspecified atom stereocenters. The Balaban J connectivity index is 1.10. The number of benzene rings is 1. The molecular formula is C24H26N6O4. The van der Waals surface area contributed by atoms with Crippen molar-refractivity contribution in [2.75, 3.05) is 36.5 Å². The van der Waals surface area contributed by atoms with Gasteiger partial charge in [-0.1, -0.05) is 0 Å². The van der Waals surface area contributed by atoms with Crippen LogP contribution in [0.25, 0.3) is 0 Å². The van der Waals surface area contributed by atoms with E-state index in [1.54, 1.807) is 23.1 Å². The van der Waals surface area contributed by atoms with Gasteiger partial charge in [0.05, 0.1) is 23.0 Å². The van der Waals surface area contributed by atoms with E-state index in [2.05, 4.69) is 27.0 Å². The zero-order valence-corrected chi connectivity index (χ0v) is 18.7. The van der Waals surface area contributed by atoms with Crippen LogP contribution in [0.5, 0.6) is 11.5 Å². The fourth-order valence-electron chi connectivity index (χ4n) is 4.49. The Kier molecular flexibility index (Phi) is 6.29. The minimum absolute atomic E-state index is 0.0221. The molecule has 1 aromatic heterocycles. The van der Waals surface area contributed by atoms with Gasteiger partial charge in [-0.15, -0.1) is 0 Å². The van der Waals surface area contributed by atoms with Crippen LogP contribution in [0.1, 0.15) is 30.5 Å². The third-order valence-electron chi connectivity index (χ3n) is 6.35. The number of fused-ring (bicyclic) bond motifs is 2. The largest absolute Gasteiger partial charge is 0.482 e. The van der Waals surface area contributed by atoms with Crippen molar-refractivity contribution in [3.05, 3.63) is 41.6 Å². The minimum atomic E-state index is -0.194. The standard InChI is InChI=1S/C24H26N6O4/c25-10-15-1-5-20-19(9-15)30(23(32)14-34-20)8-7-16-2-3-17(11-26-16)27-12-18-4-6-21-24(28-18)29-22(31)13-33-21/h1,4-6,9,16-17,26-27H,2-3,7-8,11-14H2,(H,28,29,31)/t16-,17+/m0/s1. The van der Waals surface area contributed by atoms with Crippen molar-refractivity contribution in [3.8, 4) is 17.6 Å². The number of hydrogen-bond donors (Lipinski definition) is 3. The summed E-state index contributed by atoms with van der Waals surface area (Å²) in [5.74, 6) is 1.42. The summed E-state index contributed by atoms with van der Waals surface area (Å²) in [5, 5.41) is 19.0. The number of ether oxygens (including phenoxy) is 2. The Labute approximate surface area is 197 Å². The molecule has 1 aromatic carbocycles. The number of piperidine rings is 1. The quantitative estimate of drug-likeness (QED) is 0.586. The highest BCUT2D eigenvalue weighted by atomic mass is 16.5. The average Bonchev–Trinajstić information content (AvgIpc) is 2.87. The number of carbonyl (C=O) groups excluding carboxylic acids is 2. The summed E-state index contributed by atoms with van der Waals surface area (Å²) in [6.45, 7) is 2.04. The van der Waals surface area contributed by atoms with Crippen LogP contribution in [0.15, 0.2) is 30.3 Å². The lowest BCUT2D eigenvalue weighted by atomic mass is 9.98. The van der Waals surface area contributed by atoms with Gasteiger partial charge in [0.2, 0.25) is 0 Å². The lowest BCUT2D eigenvalue weighted by molar-refractivity contribution is -0.121. The van der Waals surface area contributed by atoms with Gasteiger partial charge < -0.3 is 30.3 Å². The molecule has 4 heterocycles. The molecule has 10 heteroatoms. The van der Waals surface area contributed by atoms with Gasteiger partial charge in [-0.25, -0.2) is 4.98 Å². The molecule has 0 radical (unpaired) electrons. The van der Waals surface area contributed by atoms with Crippen molar-refractivity contribution in [1.82, 2.24) is 15.6 Å². The predicted molar refractivity (Wildman–Crippen MR) is 124 cm³/mol. The molecule has 0 bridgehead atoms. The Morgan fingerprint density at radius 1 is 1.15 bits per heavy atom. The molecular weight excluding hydrogens is 436 g/mol. The number of nitrogens with zero attached hydrogens (tertiary/aromatic N) is 3. The first-order valence-corrected chi connectivity index (χ1v) is 11.5. The van der Waals surface area contributed by atoms with Crippen molar-refractivity contribution in [2.45, 2.75) is 37.9 Å². The molecule has 176 valence electrons. The summed E-state index contributed by atoms with van der Waals surface area (Å²) >= 11 is 0. The van der Waals surface area contributed by atoms with Crippen LogP contribution in [0.2, 0.25) is 0 Å². The third kappa shape index (κ3) is 4.81. The number of anilines is 2. The second kappa shape index (κ2) is 9.67. The highest BCUT2D eigenvalue weighted by Crippen LogP contribution is 2.33. The molecule has 3 N–H and O–H groups in total. The first kappa shape index (κ1) is 22.1. The number of rotatable bonds is 6. The average molecular weight is 463 g/mol. The van der Waals surface area contributed by atoms with E-state index in [-0.39, 0.29) is 25.0 Å². The van der Waals surface area contributed by atoms with Gasteiger partial charge in [-0.2, -0.15) is 5.26 Å². The topological polar surface area (TPSA) is 129 Å². The summed E-state index contributed by atoms with van der Waals surface area (Å²) in [4.78, 5) is 30.2. The van der Waals surface area contributed by atoms with E-state index in [0.29, 0.717) is 53.7 Å². The minimum Gasteiger partial charge on any atom is -0.482 e. The molecule has 1 saturated heterocycles. The van der Waals surface area contributed by atoms with Crippen LogP contribution in [0.4, 0.5) is 11.5 Å². The third-order valence-corrected chi connectivity index (χ3v) is 6.35. The highest BCUT2D eigenvalue weighted by molar-refractivity contribution is 5.98. The SMILES string of the molecule is N#Cc1ccc2c(c1)N(CC[C@@H]1CC[C@@H](NCc3ccc4c(n3)NC(=O)CO4)CN1)C(=O)CO2. The van der Waals surface area contributed by atoms with E-state index in [1.165, 1.54) is 0 Å². The molecule has 0 spiro atoms. The van der Waals surface area contributed by atoms with Crippen molar-refractivity contribution in [1.29, 1.82) is 5.26 Å². The van der Waals surface area contributed by atoms with Crippen LogP contribution in [0, 0.1) is 11.3 Å². The van der Waals surface area contributed by atoms with Crippen molar-refractivity contribution in [2.24, 2.45) is 0 Å². The van der Waals surface area contributed by atoms with Gasteiger partial charge in [-0.3, -0.25) is 9.59 Å². The number of carbonyl (C=O) groups is 2. The lowest BCUT2D eigenvalue weighted by Crippen LogP contribution is -2.49. The van der Waals surface area contributed by atoms with Gasteiger partial charge in [-0.05, 0) is 49.6 Å². The van der Waals surface area contributed by atoms with Crippen LogP contribution < -0.4 is 30.3 Å². The van der Waals surface area contributed by atoms with E-state index in [9.17, 15) is 14.9 Å². The van der Waals surface area contributed by atoms with Crippen LogP contribution in [0.3, 0.4) is 0 Å². The zero-order chi connectivity index (χ0) is 23.5. The fourth-order valence-corrected chi connectivity index (χ4v) is 4.49. The maximum Gasteiger partial charge on any atom is 0.265 e. The Hall–Kier alpha value is -3.68. The molecule has 34 heavy (non-hydrogen) atoms. The van der Waals surface area contributed by atoms with Crippen molar-refractivity contribution >= 4 is 23.3 Å². The Bertz CT molecular complexity index is 1140. The summed E-state index contributed by atoms with van der Waals surface area (Å²) in [6, 6.07) is 11.6. The lowest BCUT2D eigenvalue weighted by Gasteiger charge is -2.34. The van der Waals surface area contributed by atoms with Crippen LogP contribution >= 0.6 is 0 Å². The first-order valence-electron chi connectivity index (χ1n) is 11.5. The molecule has 2 amide bonds. The van der Waals surface area contributed by atoms with Crippen LogP contribution in [-0.2, 0) is 16.1 Å². The number of pyridine rings is 1. The zero-order valence-electron chi connectivity index (χ0n) is 18.7. The van der Waals surface area contributed by atoms with Gasteiger partial charge in [0.25, 0.3) is 11.8 Å². The molecule has 5 rings (SSSR count). The Morgan fingerprint density at radius 2 is 2.00 bits per heavy atom. The molecule has 3 aliphatic rings. The predicted octanol–water partition coefficient (Wildman–Crippen LogP) is 1.31. The molecule has 3 aliphatic heterocycles. The van der Waals surface area contributed by atoms with E-state index >= 15 is 0 Å². The molecule has 0 aliphatic carbocycles. The second-order valence-electron chi connectivity index (χ2n) is 8.66. The number of aromatic nitrogens is 1. The smallest absolute Gasteiger partial charge is 0.265 e. The summed E-state index contributed by atoms with van der Waals surface area (Å²) < 4.78 is 10.9. The molecule has 1 fully saturated rings. The fraction of sp³-hybridized carbons (Fsp3) is 0.417. The second-order valence-corrected chi connectivity index (χ2v) is 8.66. The van der Waals surface area contributed by atoms with Crippen LogP contribution in [-0.4, -0.2) is 55.2 Å². The van der Waals surface area contributed by atoms with E-state index in [4.69, 9.17) is 9.47 Å². The first-order chi connectivity index (χ1) is 16.6. The van der Waals surface area contributed by atoms with Crippen molar-refractivity contribution in [3.63, 3.8) is 0 Å². The van der Waals surface area contributed by atoms with Gasteiger partial charge in [0, 0.05) is 31.7 Å².